The minimum atomic E-state index is -4.88. The molecule has 142 valence electrons. The van der Waals surface area contributed by atoms with Gasteiger partial charge in [-0.05, 0) is 6.07 Å². The minimum Gasteiger partial charge on any atom is -0.465 e. The maximum Gasteiger partial charge on any atom is 0.431 e. The predicted octanol–water partition coefficient (Wildman–Crippen LogP) is 2.74. The van der Waals surface area contributed by atoms with Gasteiger partial charge in [0.05, 0.1) is 23.4 Å². The molecule has 0 N–H and O–H groups in total. The lowest BCUT2D eigenvalue weighted by Crippen LogP contribution is -2.40. The normalized spacial score (nSPS) is 11.8. The molecule has 7 nitrogen and oxygen atoms in total. The van der Waals surface area contributed by atoms with E-state index in [1.165, 1.54) is 12.1 Å². The van der Waals surface area contributed by atoms with E-state index in [4.69, 9.17) is 16.0 Å². The summed E-state index contributed by atoms with van der Waals surface area (Å²) < 4.78 is 49.5. The number of fused-ring (bicyclic) bond motifs is 1. The van der Waals surface area contributed by atoms with Gasteiger partial charge in [0.25, 0.3) is 5.56 Å². The van der Waals surface area contributed by atoms with Crippen molar-refractivity contribution < 1.29 is 27.1 Å². The van der Waals surface area contributed by atoms with Crippen LogP contribution in [0.2, 0.25) is 5.02 Å². The predicted molar refractivity (Wildman–Crippen MR) is 88.4 cm³/mol. The third kappa shape index (κ3) is 3.01. The van der Waals surface area contributed by atoms with Crippen LogP contribution in [0.15, 0.2) is 38.5 Å². The number of alkyl halides is 3. The zero-order valence-corrected chi connectivity index (χ0v) is 14.5. The Labute approximate surface area is 153 Å². The van der Waals surface area contributed by atoms with Gasteiger partial charge in [-0.2, -0.15) is 13.2 Å². The van der Waals surface area contributed by atoms with Gasteiger partial charge in [0.2, 0.25) is 0 Å². The van der Waals surface area contributed by atoms with Crippen LogP contribution in [0.25, 0.3) is 16.7 Å². The fourth-order valence-electron chi connectivity index (χ4n) is 2.59. The Morgan fingerprint density at radius 3 is 2.48 bits per heavy atom. The Kier molecular flexibility index (Phi) is 4.38. The van der Waals surface area contributed by atoms with Gasteiger partial charge < -0.3 is 9.15 Å². The lowest BCUT2D eigenvalue weighted by atomic mass is 10.1. The van der Waals surface area contributed by atoms with Crippen molar-refractivity contribution in [2.45, 2.75) is 6.18 Å². The molecule has 3 rings (SSSR count). The summed E-state index contributed by atoms with van der Waals surface area (Å²) in [5.74, 6) is -0.776. The second-order valence-corrected chi connectivity index (χ2v) is 5.89. The number of hydrogen-bond acceptors (Lipinski definition) is 5. The summed E-state index contributed by atoms with van der Waals surface area (Å²) in [5.41, 5.74) is -3.90. The third-order valence-corrected chi connectivity index (χ3v) is 4.21. The molecule has 11 heteroatoms. The number of carbonyl (C=O) groups excluding carboxylic acids is 1. The molecule has 0 bridgehead atoms. The van der Waals surface area contributed by atoms with Gasteiger partial charge >= 0.3 is 17.8 Å². The summed E-state index contributed by atoms with van der Waals surface area (Å²) in [6.07, 6.45) is -3.87. The average Bonchev–Trinajstić information content (AvgIpc) is 2.98. The lowest BCUT2D eigenvalue weighted by molar-refractivity contribution is -0.144. The van der Waals surface area contributed by atoms with Gasteiger partial charge in [-0.1, -0.05) is 11.6 Å². The van der Waals surface area contributed by atoms with Crippen LogP contribution in [0.4, 0.5) is 13.2 Å². The molecule has 2 aromatic heterocycles. The molecule has 0 saturated carbocycles. The van der Waals surface area contributed by atoms with E-state index in [1.54, 1.807) is 0 Å². The quantitative estimate of drug-likeness (QED) is 0.615. The maximum atomic E-state index is 13.0. The number of benzene rings is 1. The van der Waals surface area contributed by atoms with E-state index in [0.29, 0.717) is 15.2 Å². The number of nitrogens with zero attached hydrogens (tertiary/aromatic N) is 2. The van der Waals surface area contributed by atoms with Crippen LogP contribution in [-0.4, -0.2) is 22.2 Å². The van der Waals surface area contributed by atoms with E-state index in [2.05, 4.69) is 4.74 Å². The molecule has 1 aromatic carbocycles. The molecule has 0 atom stereocenters. The molecular weight excluding hydrogens is 393 g/mol. The number of rotatable bonds is 2. The Morgan fingerprint density at radius 2 is 1.89 bits per heavy atom. The fraction of sp³-hybridized carbons (Fsp3) is 0.188. The van der Waals surface area contributed by atoms with E-state index in [-0.39, 0.29) is 27.2 Å². The number of aromatic nitrogens is 2. The number of carbonyl (C=O) groups is 1. The van der Waals surface area contributed by atoms with Crippen LogP contribution in [0.5, 0.6) is 0 Å². The second kappa shape index (κ2) is 6.31. The number of furan rings is 1. The summed E-state index contributed by atoms with van der Waals surface area (Å²) in [7, 11) is 2.02. The van der Waals surface area contributed by atoms with E-state index in [9.17, 15) is 27.6 Å². The van der Waals surface area contributed by atoms with Gasteiger partial charge in [0, 0.05) is 24.6 Å². The average molecular weight is 403 g/mol. The zero-order chi connectivity index (χ0) is 20.1. The monoisotopic (exact) mass is 402 g/mol. The summed E-state index contributed by atoms with van der Waals surface area (Å²) in [5, 5.41) is 0.127. The van der Waals surface area contributed by atoms with Crippen molar-refractivity contribution in [3.63, 3.8) is 0 Å². The highest BCUT2D eigenvalue weighted by Gasteiger charge is 2.35. The minimum absolute atomic E-state index is 0.00270. The number of hydrogen-bond donors (Lipinski definition) is 0. The van der Waals surface area contributed by atoms with Crippen molar-refractivity contribution in [2.24, 2.45) is 7.05 Å². The van der Waals surface area contributed by atoms with Gasteiger partial charge in [0.1, 0.15) is 17.5 Å². The Hall–Kier alpha value is -3.01. The van der Waals surface area contributed by atoms with Crippen molar-refractivity contribution in [2.75, 3.05) is 7.11 Å². The van der Waals surface area contributed by atoms with Crippen LogP contribution >= 0.6 is 11.6 Å². The molecule has 0 unspecified atom stereocenters. The molecule has 2 heterocycles. The largest absolute Gasteiger partial charge is 0.465 e. The second-order valence-electron chi connectivity index (χ2n) is 5.48. The fourth-order valence-corrected chi connectivity index (χ4v) is 2.83. The van der Waals surface area contributed by atoms with Crippen LogP contribution in [0, 0.1) is 0 Å². The highest BCUT2D eigenvalue weighted by molar-refractivity contribution is 6.34. The van der Waals surface area contributed by atoms with E-state index in [0.717, 1.165) is 20.4 Å². The van der Waals surface area contributed by atoms with Crippen molar-refractivity contribution in [3.05, 3.63) is 61.6 Å². The van der Waals surface area contributed by atoms with E-state index < -0.39 is 29.1 Å². The molecule has 3 aromatic rings. The molecular formula is C16H10ClF3N2O5. The Morgan fingerprint density at radius 1 is 1.22 bits per heavy atom. The standard InChI is InChI=1S/C16H10ClF3N2O5/c1-21-12(16(18,19)20)5-13(23)22(15(21)25)10-6-27-11-4-9(17)7(3-8(10)11)14(24)26-2/h3-6H,1-2H3. The summed E-state index contributed by atoms with van der Waals surface area (Å²) >= 11 is 5.97. The smallest absolute Gasteiger partial charge is 0.431 e. The number of ether oxygens (including phenoxy) is 1. The summed E-state index contributed by atoms with van der Waals surface area (Å²) in [6, 6.07) is 2.80. The molecule has 0 aliphatic carbocycles. The molecule has 0 aliphatic heterocycles. The molecule has 27 heavy (non-hydrogen) atoms. The number of halogens is 4. The highest BCUT2D eigenvalue weighted by Crippen LogP contribution is 2.30. The first kappa shape index (κ1) is 18.8. The first-order chi connectivity index (χ1) is 12.6. The Balaban J connectivity index is 2.34. The first-order valence-corrected chi connectivity index (χ1v) is 7.63. The topological polar surface area (TPSA) is 83.4 Å². The lowest BCUT2D eigenvalue weighted by Gasteiger charge is -2.13. The van der Waals surface area contributed by atoms with Crippen molar-refractivity contribution in [1.82, 2.24) is 9.13 Å². The Bertz CT molecular complexity index is 1190. The number of esters is 1. The molecule has 0 aliphatic rings. The van der Waals surface area contributed by atoms with Crippen LogP contribution < -0.4 is 11.2 Å². The molecule has 0 spiro atoms. The van der Waals surface area contributed by atoms with E-state index in [1.807, 2.05) is 0 Å². The summed E-state index contributed by atoms with van der Waals surface area (Å²) in [6.45, 7) is 0. The van der Waals surface area contributed by atoms with E-state index >= 15 is 0 Å². The molecule has 0 amide bonds. The van der Waals surface area contributed by atoms with Crippen molar-refractivity contribution in [3.8, 4) is 5.69 Å². The van der Waals surface area contributed by atoms with Crippen molar-refractivity contribution in [1.29, 1.82) is 0 Å². The van der Waals surface area contributed by atoms with Gasteiger partial charge in [-0.25, -0.2) is 14.2 Å². The molecule has 0 saturated heterocycles. The van der Waals surface area contributed by atoms with Gasteiger partial charge in [0.15, 0.2) is 0 Å². The zero-order valence-electron chi connectivity index (χ0n) is 13.8. The van der Waals surface area contributed by atoms with Crippen LogP contribution in [0.3, 0.4) is 0 Å². The van der Waals surface area contributed by atoms with Crippen LogP contribution in [-0.2, 0) is 18.0 Å². The molecule has 0 fully saturated rings. The van der Waals surface area contributed by atoms with Gasteiger partial charge in [-0.15, -0.1) is 0 Å². The van der Waals surface area contributed by atoms with Gasteiger partial charge in [-0.3, -0.25) is 9.36 Å². The summed E-state index contributed by atoms with van der Waals surface area (Å²) in [4.78, 5) is 36.4. The van der Waals surface area contributed by atoms with Crippen molar-refractivity contribution >= 4 is 28.5 Å². The van der Waals surface area contributed by atoms with Crippen LogP contribution in [0.1, 0.15) is 16.1 Å². The number of methoxy groups -OCH3 is 1. The maximum absolute atomic E-state index is 13.0. The highest BCUT2D eigenvalue weighted by atomic mass is 35.5. The molecule has 0 radical (unpaired) electrons. The third-order valence-electron chi connectivity index (χ3n) is 3.90. The SMILES string of the molecule is COC(=O)c1cc2c(-n3c(=O)cc(C(F)(F)F)n(C)c3=O)coc2cc1Cl. The first-order valence-electron chi connectivity index (χ1n) is 7.26.